The van der Waals surface area contributed by atoms with Crippen LogP contribution in [0.15, 0.2) is 53.6 Å². The van der Waals surface area contributed by atoms with Crippen molar-refractivity contribution >= 4 is 28.9 Å². The molecule has 9 heteroatoms. The highest BCUT2D eigenvalue weighted by Gasteiger charge is 2.48. The van der Waals surface area contributed by atoms with Crippen molar-refractivity contribution in [2.75, 3.05) is 32.3 Å². The summed E-state index contributed by atoms with van der Waals surface area (Å²) in [5.41, 5.74) is 0.420. The molecule has 0 saturated carbocycles. The van der Waals surface area contributed by atoms with Crippen LogP contribution in [0.5, 0.6) is 0 Å². The number of carbonyl (C=O) groups excluding carboxylic acids is 1. The Balaban J connectivity index is 0.00000320. The molecule has 0 aliphatic carbocycles. The molecule has 2 aromatic carbocycles. The molecule has 0 radical (unpaired) electrons. The second-order valence-corrected chi connectivity index (χ2v) is 7.30. The minimum Gasteiger partial charge on any atom is -0.396 e. The third kappa shape index (κ3) is 4.46. The van der Waals surface area contributed by atoms with Crippen LogP contribution in [0.25, 0.3) is 0 Å². The summed E-state index contributed by atoms with van der Waals surface area (Å²) in [6.07, 6.45) is 0.901. The van der Waals surface area contributed by atoms with Crippen LogP contribution in [0.4, 0.5) is 10.1 Å². The van der Waals surface area contributed by atoms with Crippen molar-refractivity contribution in [2.24, 2.45) is 5.10 Å². The molecule has 0 saturated heterocycles. The zero-order valence-corrected chi connectivity index (χ0v) is 17.8. The van der Waals surface area contributed by atoms with Crippen LogP contribution >= 0.6 is 11.6 Å². The Labute approximate surface area is 180 Å². The number of anilines is 1. The topological polar surface area (TPSA) is 100 Å². The molecule has 1 aliphatic rings. The van der Waals surface area contributed by atoms with Gasteiger partial charge in [0.1, 0.15) is 11.5 Å². The summed E-state index contributed by atoms with van der Waals surface area (Å²) >= 11 is 6.07. The van der Waals surface area contributed by atoms with E-state index in [-0.39, 0.29) is 30.7 Å². The summed E-state index contributed by atoms with van der Waals surface area (Å²) in [6, 6.07) is 13.7. The fraction of sp³-hybridized carbons (Fsp3) is 0.333. The quantitative estimate of drug-likeness (QED) is 0.646. The minimum atomic E-state index is -0.845. The Hall–Kier alpha value is -2.52. The Kier molecular flexibility index (Phi) is 7.91. The van der Waals surface area contributed by atoms with Crippen LogP contribution in [0.3, 0.4) is 0 Å². The van der Waals surface area contributed by atoms with E-state index in [1.54, 1.807) is 0 Å². The largest absolute Gasteiger partial charge is 0.396 e. The van der Waals surface area contributed by atoms with Gasteiger partial charge in [-0.25, -0.2) is 9.45 Å². The number of rotatable bonds is 7. The van der Waals surface area contributed by atoms with Crippen LogP contribution < -0.4 is 11.2 Å². The van der Waals surface area contributed by atoms with Gasteiger partial charge in [-0.15, -0.1) is 0 Å². The molecule has 0 spiro atoms. The fourth-order valence-electron chi connectivity index (χ4n) is 3.59. The smallest absolute Gasteiger partial charge is 0.294 e. The summed E-state index contributed by atoms with van der Waals surface area (Å²) in [5.74, 6) is -0.921. The van der Waals surface area contributed by atoms with E-state index in [0.717, 1.165) is 10.6 Å². The molecule has 1 atom stereocenters. The average Bonchev–Trinajstić information content (AvgIpc) is 3.14. The highest BCUT2D eigenvalue weighted by molar-refractivity contribution is 6.43. The van der Waals surface area contributed by atoms with Gasteiger partial charge in [0.2, 0.25) is 0 Å². The monoisotopic (exact) mass is 436 g/mol. The molecule has 1 heterocycles. The Morgan fingerprint density at radius 3 is 2.67 bits per heavy atom. The number of carbonyl (C=O) groups is 1. The van der Waals surface area contributed by atoms with Gasteiger partial charge in [-0.3, -0.25) is 14.6 Å². The van der Waals surface area contributed by atoms with E-state index >= 15 is 0 Å². The van der Waals surface area contributed by atoms with Gasteiger partial charge in [0.25, 0.3) is 5.91 Å². The van der Waals surface area contributed by atoms with E-state index < -0.39 is 17.1 Å². The summed E-state index contributed by atoms with van der Waals surface area (Å²) in [5, 5.41) is 16.9. The van der Waals surface area contributed by atoms with Crippen LogP contribution in [-0.4, -0.2) is 49.1 Å². The summed E-state index contributed by atoms with van der Waals surface area (Å²) in [6.45, 7) is 0.189. The van der Waals surface area contributed by atoms with E-state index in [1.165, 1.54) is 37.4 Å². The van der Waals surface area contributed by atoms with Gasteiger partial charge in [0.15, 0.2) is 0 Å². The molecule has 0 fully saturated rings. The highest BCUT2D eigenvalue weighted by atomic mass is 35.5. The lowest BCUT2D eigenvalue weighted by atomic mass is 9.73. The average molecular weight is 437 g/mol. The van der Waals surface area contributed by atoms with Gasteiger partial charge in [0, 0.05) is 18.7 Å². The first-order valence-corrected chi connectivity index (χ1v) is 9.61. The second kappa shape index (κ2) is 9.99. The number of hydroxylamine groups is 2. The predicted octanol–water partition coefficient (Wildman–Crippen LogP) is 3.55. The van der Waals surface area contributed by atoms with Crippen LogP contribution in [0, 0.1) is 5.82 Å². The number of hydrogen-bond donors (Lipinski definition) is 2. The molecular weight excluding hydrogens is 411 g/mol. The lowest BCUT2D eigenvalue weighted by Crippen LogP contribution is -2.46. The van der Waals surface area contributed by atoms with Gasteiger partial charge in [-0.1, -0.05) is 41.9 Å². The lowest BCUT2D eigenvalue weighted by molar-refractivity contribution is -0.160. The van der Waals surface area contributed by atoms with E-state index in [0.29, 0.717) is 17.9 Å². The maximum atomic E-state index is 14.6. The van der Waals surface area contributed by atoms with Crippen LogP contribution in [0.2, 0.25) is 5.02 Å². The third-order valence-electron chi connectivity index (χ3n) is 5.13. The molecule has 7 nitrogen and oxygen atoms in total. The Morgan fingerprint density at radius 1 is 1.33 bits per heavy atom. The molecule has 162 valence electrons. The molecule has 0 aromatic heterocycles. The lowest BCUT2D eigenvalue weighted by Gasteiger charge is -2.32. The highest BCUT2D eigenvalue weighted by Crippen LogP contribution is 2.40. The SMILES string of the molecule is CON(C)C(=O)C1=NN(c2cc(Cl)ccc2F)CC1(CCCO)c1ccccc1.N. The van der Waals surface area contributed by atoms with Gasteiger partial charge in [0.05, 0.1) is 24.8 Å². The Morgan fingerprint density at radius 2 is 2.03 bits per heavy atom. The molecule has 30 heavy (non-hydrogen) atoms. The minimum absolute atomic E-state index is 0. The first kappa shape index (κ1) is 23.8. The van der Waals surface area contributed by atoms with Crippen molar-refractivity contribution in [3.05, 3.63) is 64.9 Å². The molecular formula is C21H26ClFN4O3. The number of halogens is 2. The first-order valence-electron chi connectivity index (χ1n) is 9.23. The molecule has 1 aliphatic heterocycles. The molecule has 2 aromatic rings. The Bertz CT molecular complexity index is 912. The third-order valence-corrected chi connectivity index (χ3v) is 5.37. The van der Waals surface area contributed by atoms with Crippen molar-refractivity contribution in [3.8, 4) is 0 Å². The summed E-state index contributed by atoms with van der Waals surface area (Å²) < 4.78 is 14.6. The van der Waals surface area contributed by atoms with Crippen molar-refractivity contribution < 1.29 is 19.1 Å². The maximum Gasteiger partial charge on any atom is 0.294 e. The molecule has 3 rings (SSSR count). The number of amides is 1. The maximum absolute atomic E-state index is 14.6. The van der Waals surface area contributed by atoms with Gasteiger partial charge < -0.3 is 11.3 Å². The van der Waals surface area contributed by atoms with Crippen molar-refractivity contribution in [2.45, 2.75) is 18.3 Å². The molecule has 4 N–H and O–H groups in total. The van der Waals surface area contributed by atoms with E-state index in [4.69, 9.17) is 16.4 Å². The fourth-order valence-corrected chi connectivity index (χ4v) is 3.76. The van der Waals surface area contributed by atoms with Crippen molar-refractivity contribution in [1.29, 1.82) is 0 Å². The standard InChI is InChI=1S/C21H23ClFN3O3.H3N/c1-25(29-2)20(28)19-21(11-6-12-27,15-7-4-3-5-8-15)14-26(24-19)18-13-16(22)9-10-17(18)23;/h3-5,7-10,13,27H,6,11-12,14H2,1-2H3;1H3. The van der Waals surface area contributed by atoms with Crippen LogP contribution in [0.1, 0.15) is 18.4 Å². The van der Waals surface area contributed by atoms with Crippen molar-refractivity contribution in [1.82, 2.24) is 11.2 Å². The second-order valence-electron chi connectivity index (χ2n) is 6.86. The van der Waals surface area contributed by atoms with E-state index in [1.807, 2.05) is 30.3 Å². The number of benzene rings is 2. The summed E-state index contributed by atoms with van der Waals surface area (Å²) in [7, 11) is 2.88. The number of hydrogen-bond acceptors (Lipinski definition) is 6. The summed E-state index contributed by atoms with van der Waals surface area (Å²) in [4.78, 5) is 18.2. The number of aliphatic hydroxyl groups excluding tert-OH is 1. The van der Waals surface area contributed by atoms with E-state index in [2.05, 4.69) is 5.10 Å². The zero-order valence-electron chi connectivity index (χ0n) is 17.0. The number of aliphatic hydroxyl groups is 1. The number of hydrazone groups is 1. The number of nitrogens with zero attached hydrogens (tertiary/aromatic N) is 3. The van der Waals surface area contributed by atoms with Crippen LogP contribution in [-0.2, 0) is 15.0 Å². The molecule has 0 bridgehead atoms. The molecule has 1 unspecified atom stereocenters. The zero-order chi connectivity index (χ0) is 21.0. The normalized spacial score (nSPS) is 18.0. The predicted molar refractivity (Wildman–Crippen MR) is 115 cm³/mol. The first-order chi connectivity index (χ1) is 13.9. The van der Waals surface area contributed by atoms with Gasteiger partial charge in [-0.05, 0) is 36.6 Å². The van der Waals surface area contributed by atoms with Gasteiger partial charge >= 0.3 is 0 Å². The van der Waals surface area contributed by atoms with E-state index in [9.17, 15) is 14.3 Å². The molecule has 1 amide bonds. The van der Waals surface area contributed by atoms with Gasteiger partial charge in [-0.2, -0.15) is 5.10 Å². The van der Waals surface area contributed by atoms with Crippen molar-refractivity contribution in [3.63, 3.8) is 0 Å².